The molecule has 8 nitrogen and oxygen atoms in total. The molecule has 0 saturated carbocycles. The van der Waals surface area contributed by atoms with Gasteiger partial charge in [-0.2, -0.15) is 0 Å². The molecule has 0 bridgehead atoms. The van der Waals surface area contributed by atoms with Crippen molar-refractivity contribution in [3.63, 3.8) is 0 Å². The molecule has 2 aromatic carbocycles. The van der Waals surface area contributed by atoms with Gasteiger partial charge in [-0.25, -0.2) is 17.6 Å². The van der Waals surface area contributed by atoms with Gasteiger partial charge in [0.05, 0.1) is 24.1 Å². The molecule has 0 spiro atoms. The number of H-pyrrole nitrogens is 1. The number of benzene rings is 2. The van der Waals surface area contributed by atoms with Crippen molar-refractivity contribution in [2.75, 3.05) is 17.6 Å². The topological polar surface area (TPSA) is 110 Å². The molecule has 0 saturated heterocycles. The summed E-state index contributed by atoms with van der Waals surface area (Å²) in [5.41, 5.74) is 0.0983. The molecule has 0 unspecified atom stereocenters. The number of hydrogen-bond acceptors (Lipinski definition) is 5. The Morgan fingerprint density at radius 2 is 1.77 bits per heavy atom. The molecular formula is C25H28FN3O5S. The van der Waals surface area contributed by atoms with Crippen molar-refractivity contribution in [3.05, 3.63) is 85.9 Å². The summed E-state index contributed by atoms with van der Waals surface area (Å²) in [7, 11) is -3.40. The second-order valence-corrected chi connectivity index (χ2v) is 10.7. The van der Waals surface area contributed by atoms with E-state index in [2.05, 4.69) is 9.71 Å². The number of rotatable bonds is 7. The largest absolute Gasteiger partial charge is 0.493 e. The SMILES string of the molecule is CCOc1c(C(C)(C)C)cc(-n2ccc(=O)[nH]c2=O)c(F)c1/C=C/c1ccc(NS(C)(=O)=O)cc1. The molecule has 0 radical (unpaired) electrons. The smallest absolute Gasteiger partial charge is 0.333 e. The van der Waals surface area contributed by atoms with E-state index in [9.17, 15) is 18.0 Å². The molecular weight excluding hydrogens is 473 g/mol. The molecule has 0 aliphatic rings. The van der Waals surface area contributed by atoms with E-state index in [1.165, 1.54) is 6.20 Å². The summed E-state index contributed by atoms with van der Waals surface area (Å²) >= 11 is 0. The predicted octanol–water partition coefficient (Wildman–Crippen LogP) is 3.90. The highest BCUT2D eigenvalue weighted by Crippen LogP contribution is 2.39. The van der Waals surface area contributed by atoms with Crippen molar-refractivity contribution < 1.29 is 17.5 Å². The van der Waals surface area contributed by atoms with Crippen LogP contribution in [0.1, 0.15) is 44.4 Å². The monoisotopic (exact) mass is 501 g/mol. The van der Waals surface area contributed by atoms with Crippen molar-refractivity contribution in [2.45, 2.75) is 33.1 Å². The Balaban J connectivity index is 2.19. The average molecular weight is 502 g/mol. The minimum absolute atomic E-state index is 0.0213. The lowest BCUT2D eigenvalue weighted by atomic mass is 9.84. The maximum absolute atomic E-state index is 15.9. The Kier molecular flexibility index (Phi) is 7.35. The van der Waals surface area contributed by atoms with Crippen molar-refractivity contribution in [1.29, 1.82) is 0 Å². The molecule has 3 rings (SSSR count). The Hall–Kier alpha value is -3.66. The standard InChI is InChI=1S/C25H28FN3O5S/c1-6-34-23-18(12-9-16-7-10-17(11-8-16)28-35(5,32)33)22(26)20(15-19(23)25(2,3)4)29-14-13-21(30)27-24(29)31/h7-15,28H,6H2,1-5H3,(H,27,30,31)/b12-9+. The third-order valence-electron chi connectivity index (χ3n) is 5.07. The van der Waals surface area contributed by atoms with Crippen LogP contribution in [0.3, 0.4) is 0 Å². The fourth-order valence-electron chi connectivity index (χ4n) is 3.49. The molecule has 10 heteroatoms. The highest BCUT2D eigenvalue weighted by molar-refractivity contribution is 7.92. The zero-order valence-corrected chi connectivity index (χ0v) is 21.0. The molecule has 0 fully saturated rings. The molecule has 0 amide bonds. The van der Waals surface area contributed by atoms with Crippen LogP contribution in [0, 0.1) is 5.82 Å². The molecule has 3 aromatic rings. The first-order valence-electron chi connectivity index (χ1n) is 10.9. The van der Waals surface area contributed by atoms with E-state index < -0.39 is 32.5 Å². The normalized spacial score (nSPS) is 12.2. The van der Waals surface area contributed by atoms with Crippen molar-refractivity contribution in [2.24, 2.45) is 0 Å². The number of aromatic nitrogens is 2. The number of hydrogen-bond donors (Lipinski definition) is 2. The van der Waals surface area contributed by atoms with E-state index >= 15 is 4.39 Å². The fraction of sp³-hybridized carbons (Fsp3) is 0.280. The zero-order chi connectivity index (χ0) is 26.0. The van der Waals surface area contributed by atoms with E-state index in [0.29, 0.717) is 29.2 Å². The summed E-state index contributed by atoms with van der Waals surface area (Å²) < 4.78 is 48.0. The number of nitrogens with one attached hydrogen (secondary N) is 2. The Morgan fingerprint density at radius 3 is 2.31 bits per heavy atom. The molecule has 0 atom stereocenters. The molecule has 1 aromatic heterocycles. The van der Waals surface area contributed by atoms with E-state index in [1.54, 1.807) is 49.4 Å². The number of anilines is 1. The lowest BCUT2D eigenvalue weighted by Gasteiger charge is -2.26. The van der Waals surface area contributed by atoms with E-state index in [4.69, 9.17) is 4.74 Å². The number of nitrogens with zero attached hydrogens (tertiary/aromatic N) is 1. The van der Waals surface area contributed by atoms with E-state index in [-0.39, 0.29) is 11.3 Å². The summed E-state index contributed by atoms with van der Waals surface area (Å²) in [6, 6.07) is 9.26. The van der Waals surface area contributed by atoms with Gasteiger partial charge in [0.15, 0.2) is 5.82 Å². The van der Waals surface area contributed by atoms with Gasteiger partial charge < -0.3 is 4.74 Å². The first-order valence-corrected chi connectivity index (χ1v) is 12.8. The second kappa shape index (κ2) is 9.91. The van der Waals surface area contributed by atoms with Crippen LogP contribution < -0.4 is 20.7 Å². The average Bonchev–Trinajstić information content (AvgIpc) is 2.73. The molecule has 1 heterocycles. The first-order chi connectivity index (χ1) is 16.3. The van der Waals surface area contributed by atoms with Crippen LogP contribution >= 0.6 is 0 Å². The number of sulfonamides is 1. The van der Waals surface area contributed by atoms with Crippen LogP contribution in [0.25, 0.3) is 17.8 Å². The highest BCUT2D eigenvalue weighted by atomic mass is 32.2. The molecule has 186 valence electrons. The van der Waals surface area contributed by atoms with E-state index in [1.807, 2.05) is 20.8 Å². The third kappa shape index (κ3) is 6.27. The summed E-state index contributed by atoms with van der Waals surface area (Å²) in [5, 5.41) is 0. The van der Waals surface area contributed by atoms with Gasteiger partial charge in [0.25, 0.3) is 5.56 Å². The molecule has 0 aliphatic carbocycles. The maximum atomic E-state index is 15.9. The van der Waals surface area contributed by atoms with Crippen molar-refractivity contribution in [3.8, 4) is 11.4 Å². The van der Waals surface area contributed by atoms with E-state index in [0.717, 1.165) is 16.9 Å². The van der Waals surface area contributed by atoms with Crippen LogP contribution in [0.4, 0.5) is 10.1 Å². The second-order valence-electron chi connectivity index (χ2n) is 8.99. The number of ether oxygens (including phenoxy) is 1. The number of aromatic amines is 1. The van der Waals surface area contributed by atoms with Gasteiger partial charge in [0, 0.05) is 23.5 Å². The minimum Gasteiger partial charge on any atom is -0.493 e. The lowest BCUT2D eigenvalue weighted by molar-refractivity contribution is 0.326. The zero-order valence-electron chi connectivity index (χ0n) is 20.2. The van der Waals surface area contributed by atoms with Gasteiger partial charge in [0.1, 0.15) is 5.75 Å². The van der Waals surface area contributed by atoms with Gasteiger partial charge in [0.2, 0.25) is 10.0 Å². The van der Waals surface area contributed by atoms with Crippen LogP contribution in [-0.4, -0.2) is 30.8 Å². The van der Waals surface area contributed by atoms with Crippen molar-refractivity contribution >= 4 is 27.9 Å². The lowest BCUT2D eigenvalue weighted by Crippen LogP contribution is -2.28. The van der Waals surface area contributed by atoms with Crippen LogP contribution in [0.2, 0.25) is 0 Å². The first kappa shape index (κ1) is 26.0. The maximum Gasteiger partial charge on any atom is 0.333 e. The van der Waals surface area contributed by atoms with Crippen molar-refractivity contribution in [1.82, 2.24) is 9.55 Å². The molecule has 0 aliphatic heterocycles. The van der Waals surface area contributed by atoms with Gasteiger partial charge in [-0.1, -0.05) is 39.0 Å². The minimum atomic E-state index is -3.40. The summed E-state index contributed by atoms with van der Waals surface area (Å²) in [6.45, 7) is 7.94. The van der Waals surface area contributed by atoms with Crippen LogP contribution in [0.5, 0.6) is 5.75 Å². The van der Waals surface area contributed by atoms with Gasteiger partial charge in [-0.05, 0) is 42.2 Å². The Bertz CT molecular complexity index is 1480. The molecule has 2 N–H and O–H groups in total. The Labute approximate surface area is 203 Å². The highest BCUT2D eigenvalue weighted by Gasteiger charge is 2.26. The predicted molar refractivity (Wildman–Crippen MR) is 136 cm³/mol. The van der Waals surface area contributed by atoms with Crippen LogP contribution in [0.15, 0.2) is 52.2 Å². The quantitative estimate of drug-likeness (QED) is 0.477. The molecule has 35 heavy (non-hydrogen) atoms. The summed E-state index contributed by atoms with van der Waals surface area (Å²) in [5.74, 6) is -0.340. The Morgan fingerprint density at radius 1 is 1.11 bits per heavy atom. The number of halogens is 1. The summed E-state index contributed by atoms with van der Waals surface area (Å²) in [6.07, 6.45) is 5.51. The summed E-state index contributed by atoms with van der Waals surface area (Å²) in [4.78, 5) is 26.1. The third-order valence-corrected chi connectivity index (χ3v) is 5.67. The fourth-order valence-corrected chi connectivity index (χ4v) is 4.06. The van der Waals surface area contributed by atoms with Gasteiger partial charge in [-0.3, -0.25) is 19.1 Å². The van der Waals surface area contributed by atoms with Crippen LogP contribution in [-0.2, 0) is 15.4 Å². The van der Waals surface area contributed by atoms with Gasteiger partial charge >= 0.3 is 5.69 Å². The van der Waals surface area contributed by atoms with Gasteiger partial charge in [-0.15, -0.1) is 0 Å².